The van der Waals surface area contributed by atoms with Crippen molar-refractivity contribution >= 4 is 17.5 Å². The second kappa shape index (κ2) is 4.57. The summed E-state index contributed by atoms with van der Waals surface area (Å²) < 4.78 is 0. The second-order valence-electron chi connectivity index (χ2n) is 7.87. The molecule has 2 saturated heterocycles. The number of amides is 2. The lowest BCUT2D eigenvalue weighted by atomic mass is 9.84. The van der Waals surface area contributed by atoms with E-state index in [2.05, 4.69) is 48.4 Å². The van der Waals surface area contributed by atoms with Crippen LogP contribution in [-0.4, -0.2) is 29.3 Å². The lowest BCUT2D eigenvalue weighted by Crippen LogP contribution is -2.56. The molecule has 3 heterocycles. The van der Waals surface area contributed by atoms with Crippen molar-refractivity contribution in [2.75, 3.05) is 11.9 Å². The fraction of sp³-hybridized carbons (Fsp3) is 0.556. The number of hydrogen-bond donors (Lipinski definition) is 2. The molecule has 1 spiro atoms. The van der Waals surface area contributed by atoms with Gasteiger partial charge in [0.25, 0.3) is 5.91 Å². The predicted octanol–water partition coefficient (Wildman–Crippen LogP) is 2.07. The number of rotatable bonds is 0. The molecule has 2 amide bonds. The third kappa shape index (κ3) is 1.89. The topological polar surface area (TPSA) is 61.4 Å². The molecule has 23 heavy (non-hydrogen) atoms. The zero-order valence-corrected chi connectivity index (χ0v) is 13.9. The van der Waals surface area contributed by atoms with E-state index in [1.807, 2.05) is 6.07 Å². The van der Waals surface area contributed by atoms with Crippen molar-refractivity contribution in [3.63, 3.8) is 0 Å². The smallest absolute Gasteiger partial charge is 0.270 e. The van der Waals surface area contributed by atoms with Crippen LogP contribution in [0.25, 0.3) is 0 Å². The number of nitrogens with one attached hydrogen (secondary N) is 2. The Labute approximate surface area is 136 Å². The highest BCUT2D eigenvalue weighted by molar-refractivity contribution is 6.09. The highest BCUT2D eigenvalue weighted by atomic mass is 16.2. The lowest BCUT2D eigenvalue weighted by Gasteiger charge is -2.37. The number of hydrogen-bond acceptors (Lipinski definition) is 3. The SMILES string of the molecule is CC(C)(C)c1ccc2c(c1)C1(NC(=O)C3CCCCN31)C(=O)N2. The molecule has 0 saturated carbocycles. The van der Waals surface area contributed by atoms with Crippen molar-refractivity contribution in [2.24, 2.45) is 0 Å². The van der Waals surface area contributed by atoms with Gasteiger partial charge in [0, 0.05) is 17.8 Å². The third-order valence-corrected chi connectivity index (χ3v) is 5.39. The summed E-state index contributed by atoms with van der Waals surface area (Å²) in [6, 6.07) is 5.93. The first kappa shape index (κ1) is 14.7. The second-order valence-corrected chi connectivity index (χ2v) is 7.87. The summed E-state index contributed by atoms with van der Waals surface area (Å²) in [5.74, 6) is -0.148. The fourth-order valence-corrected chi connectivity index (χ4v) is 4.10. The average molecular weight is 313 g/mol. The number of piperidine rings is 1. The summed E-state index contributed by atoms with van der Waals surface area (Å²) in [6.45, 7) is 7.24. The van der Waals surface area contributed by atoms with E-state index in [0.29, 0.717) is 0 Å². The first-order chi connectivity index (χ1) is 10.8. The minimum atomic E-state index is -1.02. The molecule has 4 rings (SSSR count). The van der Waals surface area contributed by atoms with Gasteiger partial charge in [0.05, 0.1) is 6.04 Å². The van der Waals surface area contributed by atoms with Crippen LogP contribution in [0.3, 0.4) is 0 Å². The largest absolute Gasteiger partial charge is 0.325 e. The molecule has 3 aliphatic heterocycles. The van der Waals surface area contributed by atoms with Gasteiger partial charge >= 0.3 is 0 Å². The summed E-state index contributed by atoms with van der Waals surface area (Å²) >= 11 is 0. The molecule has 5 nitrogen and oxygen atoms in total. The first-order valence-electron chi connectivity index (χ1n) is 8.39. The highest BCUT2D eigenvalue weighted by Gasteiger charge is 2.60. The Morgan fingerprint density at radius 1 is 1.22 bits per heavy atom. The van der Waals surface area contributed by atoms with E-state index < -0.39 is 5.66 Å². The minimum Gasteiger partial charge on any atom is -0.325 e. The van der Waals surface area contributed by atoms with Gasteiger partial charge in [-0.1, -0.05) is 33.3 Å². The summed E-state index contributed by atoms with van der Waals surface area (Å²) in [4.78, 5) is 27.4. The van der Waals surface area contributed by atoms with Crippen molar-refractivity contribution in [3.8, 4) is 0 Å². The Kier molecular flexibility index (Phi) is 2.92. The molecule has 2 fully saturated rings. The maximum absolute atomic E-state index is 12.8. The van der Waals surface area contributed by atoms with E-state index in [9.17, 15) is 9.59 Å². The van der Waals surface area contributed by atoms with Gasteiger partial charge in [0.1, 0.15) is 0 Å². The molecule has 2 N–H and O–H groups in total. The molecule has 0 aromatic heterocycles. The van der Waals surface area contributed by atoms with Crippen LogP contribution >= 0.6 is 0 Å². The van der Waals surface area contributed by atoms with E-state index >= 15 is 0 Å². The molecule has 5 heteroatoms. The van der Waals surface area contributed by atoms with Crippen LogP contribution in [0.1, 0.15) is 51.2 Å². The normalized spacial score (nSPS) is 30.1. The zero-order chi connectivity index (χ0) is 16.4. The van der Waals surface area contributed by atoms with E-state index in [-0.39, 0.29) is 23.3 Å². The van der Waals surface area contributed by atoms with Crippen molar-refractivity contribution in [1.82, 2.24) is 10.2 Å². The summed E-state index contributed by atoms with van der Waals surface area (Å²) in [7, 11) is 0. The van der Waals surface area contributed by atoms with Crippen LogP contribution in [0.2, 0.25) is 0 Å². The molecule has 0 bridgehead atoms. The van der Waals surface area contributed by atoms with Crippen molar-refractivity contribution in [2.45, 2.75) is 57.2 Å². The lowest BCUT2D eigenvalue weighted by molar-refractivity contribution is -0.129. The maximum atomic E-state index is 12.8. The van der Waals surface area contributed by atoms with Gasteiger partial charge in [-0.15, -0.1) is 0 Å². The van der Waals surface area contributed by atoms with Gasteiger partial charge in [0.2, 0.25) is 11.6 Å². The standard InChI is InChI=1S/C18H23N3O2/c1-17(2,3)11-7-8-13-12(10-11)18(16(23)19-13)20-15(22)14-6-4-5-9-21(14)18/h7-8,10,14H,4-6,9H2,1-3H3,(H,19,23)(H,20,22). The van der Waals surface area contributed by atoms with Crippen molar-refractivity contribution in [1.29, 1.82) is 0 Å². The van der Waals surface area contributed by atoms with E-state index in [1.54, 1.807) is 0 Å². The summed E-state index contributed by atoms with van der Waals surface area (Å²) in [6.07, 6.45) is 2.89. The Morgan fingerprint density at radius 2 is 2.00 bits per heavy atom. The highest BCUT2D eigenvalue weighted by Crippen LogP contribution is 2.46. The molecule has 122 valence electrons. The number of benzene rings is 1. The fourth-order valence-electron chi connectivity index (χ4n) is 4.10. The molecular formula is C18H23N3O2. The average Bonchev–Trinajstić information content (AvgIpc) is 2.95. The third-order valence-electron chi connectivity index (χ3n) is 5.39. The molecule has 0 aliphatic carbocycles. The van der Waals surface area contributed by atoms with Crippen LogP contribution in [0.5, 0.6) is 0 Å². The Bertz CT molecular complexity index is 707. The molecule has 2 atom stereocenters. The van der Waals surface area contributed by atoms with Gasteiger partial charge in [-0.2, -0.15) is 0 Å². The maximum Gasteiger partial charge on any atom is 0.270 e. The van der Waals surface area contributed by atoms with Gasteiger partial charge < -0.3 is 10.6 Å². The van der Waals surface area contributed by atoms with Crippen LogP contribution in [0.4, 0.5) is 5.69 Å². The van der Waals surface area contributed by atoms with Crippen LogP contribution in [0, 0.1) is 0 Å². The molecule has 0 radical (unpaired) electrons. The van der Waals surface area contributed by atoms with E-state index in [0.717, 1.165) is 37.1 Å². The summed E-state index contributed by atoms with van der Waals surface area (Å²) in [5.41, 5.74) is 1.86. The van der Waals surface area contributed by atoms with E-state index in [4.69, 9.17) is 0 Å². The number of carbonyl (C=O) groups is 2. The van der Waals surface area contributed by atoms with Crippen LogP contribution in [0.15, 0.2) is 18.2 Å². The predicted molar refractivity (Wildman–Crippen MR) is 87.9 cm³/mol. The first-order valence-corrected chi connectivity index (χ1v) is 8.39. The minimum absolute atomic E-state index is 0.00816. The van der Waals surface area contributed by atoms with Gasteiger partial charge in [-0.25, -0.2) is 0 Å². The van der Waals surface area contributed by atoms with Gasteiger partial charge in [0.15, 0.2) is 0 Å². The Balaban J connectivity index is 1.88. The van der Waals surface area contributed by atoms with Crippen LogP contribution in [-0.2, 0) is 20.7 Å². The summed E-state index contributed by atoms with van der Waals surface area (Å²) in [5, 5.41) is 6.00. The monoisotopic (exact) mass is 313 g/mol. The molecule has 2 unspecified atom stereocenters. The number of anilines is 1. The van der Waals surface area contributed by atoms with Crippen molar-refractivity contribution in [3.05, 3.63) is 29.3 Å². The molecule has 3 aliphatic rings. The quantitative estimate of drug-likeness (QED) is 0.771. The van der Waals surface area contributed by atoms with Gasteiger partial charge in [-0.05, 0) is 36.0 Å². The van der Waals surface area contributed by atoms with E-state index in [1.165, 1.54) is 5.56 Å². The number of fused-ring (bicyclic) bond motifs is 4. The molecule has 1 aromatic rings. The number of nitrogens with zero attached hydrogens (tertiary/aromatic N) is 1. The number of carbonyl (C=O) groups excluding carboxylic acids is 2. The molecular weight excluding hydrogens is 290 g/mol. The van der Waals surface area contributed by atoms with Crippen LogP contribution < -0.4 is 10.6 Å². The molecule has 1 aromatic carbocycles. The Morgan fingerprint density at radius 3 is 2.74 bits per heavy atom. The van der Waals surface area contributed by atoms with Crippen molar-refractivity contribution < 1.29 is 9.59 Å². The Hall–Kier alpha value is -1.88. The zero-order valence-electron chi connectivity index (χ0n) is 13.9. The van der Waals surface area contributed by atoms with Gasteiger partial charge in [-0.3, -0.25) is 14.5 Å².